The first-order valence-electron chi connectivity index (χ1n) is 14.7. The van der Waals surface area contributed by atoms with Gasteiger partial charge in [-0.05, 0) is 51.5 Å². The Labute approximate surface area is 257 Å². The van der Waals surface area contributed by atoms with Crippen molar-refractivity contribution in [2.24, 2.45) is 5.41 Å². The number of ether oxygens (including phenoxy) is 2. The summed E-state index contributed by atoms with van der Waals surface area (Å²) in [6, 6.07) is 8.03. The second-order valence-electron chi connectivity index (χ2n) is 13.4. The highest BCUT2D eigenvalue weighted by Crippen LogP contribution is 2.39. The molecule has 2 aliphatic rings. The molecule has 1 aromatic carbocycles. The van der Waals surface area contributed by atoms with Gasteiger partial charge in [0.05, 0.1) is 12.3 Å². The number of piperazine rings is 1. The van der Waals surface area contributed by atoms with Crippen LogP contribution < -0.4 is 11.0 Å². The van der Waals surface area contributed by atoms with Crippen molar-refractivity contribution in [2.75, 3.05) is 38.1 Å². The summed E-state index contributed by atoms with van der Waals surface area (Å²) in [6.07, 6.45) is 1.33. The van der Waals surface area contributed by atoms with Crippen LogP contribution in [0.15, 0.2) is 41.3 Å². The molecule has 13 nitrogen and oxygen atoms in total. The summed E-state index contributed by atoms with van der Waals surface area (Å²) in [5, 5.41) is 2.66. The van der Waals surface area contributed by atoms with Crippen LogP contribution in [-0.2, 0) is 25.5 Å². The Morgan fingerprint density at radius 1 is 1.02 bits per heavy atom. The van der Waals surface area contributed by atoms with Crippen molar-refractivity contribution in [3.05, 3.63) is 52.6 Å². The summed E-state index contributed by atoms with van der Waals surface area (Å²) >= 11 is 0. The van der Waals surface area contributed by atoms with Crippen LogP contribution in [0.2, 0.25) is 0 Å². The molecule has 1 aromatic heterocycles. The highest BCUT2D eigenvalue weighted by atomic mass is 16.6. The molecule has 0 unspecified atom stereocenters. The molecule has 1 N–H and O–H groups in total. The Morgan fingerprint density at radius 3 is 2.18 bits per heavy atom. The number of rotatable bonds is 5. The molecule has 44 heavy (non-hydrogen) atoms. The quantitative estimate of drug-likeness (QED) is 0.509. The number of carbonyl (C=O) groups excluding carboxylic acids is 4. The molecule has 238 valence electrons. The maximum absolute atomic E-state index is 13.9. The molecule has 0 radical (unpaired) electrons. The van der Waals surface area contributed by atoms with Gasteiger partial charge in [-0.25, -0.2) is 14.4 Å². The predicted octanol–water partition coefficient (Wildman–Crippen LogP) is 3.05. The van der Waals surface area contributed by atoms with Crippen molar-refractivity contribution in [3.63, 3.8) is 0 Å². The van der Waals surface area contributed by atoms with Crippen LogP contribution in [0.4, 0.5) is 15.4 Å². The normalized spacial score (nSPS) is 20.8. The van der Waals surface area contributed by atoms with E-state index < -0.39 is 40.6 Å². The average molecular weight is 611 g/mol. The average Bonchev–Trinajstić information content (AvgIpc) is 3.32. The topological polar surface area (TPSA) is 143 Å². The SMILES string of the molecule is CC(C)(C)OC(=O)N1[C@H](C(C)(C)C)OC[C@]1(C)C(=O)N1CCN(C(=O)Nc2ccn(-c3ccc(CC=O)cc3)c(=O)n2)CC1. The lowest BCUT2D eigenvalue weighted by Crippen LogP contribution is -2.64. The number of nitrogens with one attached hydrogen (secondary N) is 1. The van der Waals surface area contributed by atoms with Crippen molar-refractivity contribution in [1.82, 2.24) is 24.3 Å². The Bertz CT molecular complexity index is 1450. The monoisotopic (exact) mass is 610 g/mol. The summed E-state index contributed by atoms with van der Waals surface area (Å²) in [6.45, 7) is 13.8. The number of hydrogen-bond donors (Lipinski definition) is 1. The van der Waals surface area contributed by atoms with Gasteiger partial charge in [0.2, 0.25) is 0 Å². The molecule has 4 amide bonds. The molecule has 2 fully saturated rings. The van der Waals surface area contributed by atoms with Crippen LogP contribution in [0.5, 0.6) is 0 Å². The molecule has 2 aromatic rings. The van der Waals surface area contributed by atoms with Crippen molar-refractivity contribution < 1.29 is 28.7 Å². The molecule has 0 saturated carbocycles. The van der Waals surface area contributed by atoms with Crippen molar-refractivity contribution in [3.8, 4) is 5.69 Å². The first-order valence-corrected chi connectivity index (χ1v) is 14.7. The minimum atomic E-state index is -1.28. The number of nitrogens with zero attached hydrogens (tertiary/aromatic N) is 5. The van der Waals surface area contributed by atoms with Crippen molar-refractivity contribution in [2.45, 2.75) is 72.3 Å². The van der Waals surface area contributed by atoms with Gasteiger partial charge in [-0.3, -0.25) is 19.6 Å². The molecule has 13 heteroatoms. The zero-order valence-corrected chi connectivity index (χ0v) is 26.5. The molecule has 0 spiro atoms. The number of amides is 4. The van der Waals surface area contributed by atoms with Gasteiger partial charge in [0.25, 0.3) is 5.91 Å². The van der Waals surface area contributed by atoms with Gasteiger partial charge < -0.3 is 24.1 Å². The van der Waals surface area contributed by atoms with E-state index in [1.54, 1.807) is 61.8 Å². The molecule has 2 saturated heterocycles. The van der Waals surface area contributed by atoms with Gasteiger partial charge in [-0.2, -0.15) is 4.98 Å². The second kappa shape index (κ2) is 12.4. The smallest absolute Gasteiger partial charge is 0.413 e. The number of aldehydes is 1. The van der Waals surface area contributed by atoms with Crippen LogP contribution in [0.1, 0.15) is 54.0 Å². The Hall–Kier alpha value is -4.26. The first-order chi connectivity index (χ1) is 20.5. The third kappa shape index (κ3) is 7.09. The lowest BCUT2D eigenvalue weighted by atomic mass is 9.91. The van der Waals surface area contributed by atoms with E-state index in [1.807, 2.05) is 20.8 Å². The van der Waals surface area contributed by atoms with E-state index in [0.29, 0.717) is 5.69 Å². The van der Waals surface area contributed by atoms with Crippen molar-refractivity contribution in [1.29, 1.82) is 0 Å². The lowest BCUT2D eigenvalue weighted by molar-refractivity contribution is -0.144. The highest BCUT2D eigenvalue weighted by molar-refractivity contribution is 5.91. The van der Waals surface area contributed by atoms with Crippen LogP contribution in [-0.4, -0.2) is 98.7 Å². The van der Waals surface area contributed by atoms with E-state index in [0.717, 1.165) is 11.8 Å². The number of hydrogen-bond acceptors (Lipinski definition) is 8. The third-order valence-corrected chi connectivity index (χ3v) is 7.51. The summed E-state index contributed by atoms with van der Waals surface area (Å²) in [5.74, 6) is -0.177. The lowest BCUT2D eigenvalue weighted by Gasteiger charge is -2.43. The van der Waals surface area contributed by atoms with E-state index in [9.17, 15) is 24.0 Å². The standard InChI is InChI=1S/C31H42N6O7/c1-29(2,3)25-37(28(42)44-30(4,5)6)31(7,20-43-25)24(39)34-15-17-35(18-16-34)26(40)32-23-12-14-36(27(41)33-23)22-10-8-21(9-11-22)13-19-38/h8-12,14,19,25H,13,15-18,20H2,1-7H3,(H,32,33,40,41)/t25-,31+/m0/s1. The van der Waals surface area contributed by atoms with Crippen LogP contribution >= 0.6 is 0 Å². The predicted molar refractivity (Wildman–Crippen MR) is 162 cm³/mol. The summed E-state index contributed by atoms with van der Waals surface area (Å²) in [4.78, 5) is 72.2. The summed E-state index contributed by atoms with van der Waals surface area (Å²) < 4.78 is 13.0. The van der Waals surface area contributed by atoms with Gasteiger partial charge in [0.1, 0.15) is 29.5 Å². The van der Waals surface area contributed by atoms with E-state index in [4.69, 9.17) is 9.47 Å². The minimum absolute atomic E-state index is 0.0216. The number of anilines is 1. The largest absolute Gasteiger partial charge is 0.444 e. The molecule has 3 heterocycles. The van der Waals surface area contributed by atoms with E-state index in [2.05, 4.69) is 10.3 Å². The van der Waals surface area contributed by atoms with Gasteiger partial charge >= 0.3 is 17.8 Å². The maximum Gasteiger partial charge on any atom is 0.413 e. The van der Waals surface area contributed by atoms with E-state index >= 15 is 0 Å². The van der Waals surface area contributed by atoms with Gasteiger partial charge in [0.15, 0.2) is 0 Å². The zero-order valence-electron chi connectivity index (χ0n) is 26.5. The fraction of sp³-hybridized carbons (Fsp3) is 0.548. The third-order valence-electron chi connectivity index (χ3n) is 7.51. The fourth-order valence-corrected chi connectivity index (χ4v) is 5.25. The zero-order chi connectivity index (χ0) is 32.4. The molecule has 2 atom stereocenters. The molecule has 0 bridgehead atoms. The molecular weight excluding hydrogens is 568 g/mol. The molecule has 2 aliphatic heterocycles. The number of benzene rings is 1. The van der Waals surface area contributed by atoms with E-state index in [-0.39, 0.29) is 50.9 Å². The molecular formula is C31H42N6O7. The molecule has 4 rings (SSSR count). The Kier molecular flexibility index (Phi) is 9.19. The minimum Gasteiger partial charge on any atom is -0.444 e. The second-order valence-corrected chi connectivity index (χ2v) is 13.4. The van der Waals surface area contributed by atoms with Gasteiger partial charge in [0, 0.05) is 44.2 Å². The highest BCUT2D eigenvalue weighted by Gasteiger charge is 2.57. The Morgan fingerprint density at radius 2 is 1.64 bits per heavy atom. The molecule has 0 aliphatic carbocycles. The number of aromatic nitrogens is 2. The number of urea groups is 1. The Balaban J connectivity index is 1.39. The van der Waals surface area contributed by atoms with Gasteiger partial charge in [-0.15, -0.1) is 0 Å². The maximum atomic E-state index is 13.9. The van der Waals surface area contributed by atoms with Crippen LogP contribution in [0.25, 0.3) is 5.69 Å². The fourth-order valence-electron chi connectivity index (χ4n) is 5.25. The number of carbonyl (C=O) groups is 4. The first kappa shape index (κ1) is 32.6. The van der Waals surface area contributed by atoms with Gasteiger partial charge in [-0.1, -0.05) is 32.9 Å². The van der Waals surface area contributed by atoms with E-state index in [1.165, 1.54) is 21.7 Å². The van der Waals surface area contributed by atoms with Crippen LogP contribution in [0.3, 0.4) is 0 Å². The summed E-state index contributed by atoms with van der Waals surface area (Å²) in [5.41, 5.74) is -1.67. The van der Waals surface area contributed by atoms with Crippen molar-refractivity contribution >= 4 is 30.1 Å². The summed E-state index contributed by atoms with van der Waals surface area (Å²) in [7, 11) is 0. The van der Waals surface area contributed by atoms with Crippen LogP contribution in [0, 0.1) is 5.41 Å².